The van der Waals surface area contributed by atoms with Crippen LogP contribution >= 0.6 is 0 Å². The van der Waals surface area contributed by atoms with Gasteiger partial charge < -0.3 is 9.47 Å². The zero-order valence-corrected chi connectivity index (χ0v) is 11.3. The van der Waals surface area contributed by atoms with Crippen LogP contribution in [0, 0.1) is 0 Å². The Kier molecular flexibility index (Phi) is 4.20. The largest absolute Gasteiger partial charge is 0.496 e. The number of carbonyl (C=O) groups is 2. The second-order valence-electron chi connectivity index (χ2n) is 4.54. The number of benzene rings is 1. The van der Waals surface area contributed by atoms with E-state index in [0.717, 1.165) is 31.2 Å². The lowest BCUT2D eigenvalue weighted by Gasteiger charge is -2.20. The molecule has 0 amide bonds. The van der Waals surface area contributed by atoms with Crippen LogP contribution in [0.5, 0.6) is 5.75 Å². The minimum atomic E-state index is -0.823. The van der Waals surface area contributed by atoms with E-state index in [1.807, 2.05) is 6.07 Å². The summed E-state index contributed by atoms with van der Waals surface area (Å²) in [6.45, 7) is 1.87. The summed E-state index contributed by atoms with van der Waals surface area (Å²) in [6.07, 6.45) is 4.13. The highest BCUT2D eigenvalue weighted by Gasteiger charge is 2.25. The average Bonchev–Trinajstić information content (AvgIpc) is 2.45. The van der Waals surface area contributed by atoms with Crippen molar-refractivity contribution in [3.63, 3.8) is 0 Å². The molecule has 102 valence electrons. The molecule has 0 saturated carbocycles. The zero-order chi connectivity index (χ0) is 13.8. The lowest BCUT2D eigenvalue weighted by molar-refractivity contribution is -0.137. The van der Waals surface area contributed by atoms with Gasteiger partial charge in [0, 0.05) is 0 Å². The van der Waals surface area contributed by atoms with Crippen molar-refractivity contribution in [1.82, 2.24) is 0 Å². The van der Waals surface area contributed by atoms with Crippen molar-refractivity contribution >= 4 is 11.8 Å². The number of methoxy groups -OCH3 is 1. The highest BCUT2D eigenvalue weighted by atomic mass is 16.5. The molecule has 0 aliphatic heterocycles. The lowest BCUT2D eigenvalue weighted by Crippen LogP contribution is -2.19. The van der Waals surface area contributed by atoms with Crippen LogP contribution in [-0.4, -0.2) is 25.5 Å². The second kappa shape index (κ2) is 5.87. The fourth-order valence-corrected chi connectivity index (χ4v) is 2.51. The number of aryl methyl sites for hydroxylation is 1. The van der Waals surface area contributed by atoms with Crippen LogP contribution in [0.25, 0.3) is 0 Å². The third kappa shape index (κ3) is 2.62. The molecular weight excluding hydrogens is 244 g/mol. The number of fused-ring (bicyclic) bond motifs is 1. The van der Waals surface area contributed by atoms with E-state index in [4.69, 9.17) is 9.47 Å². The first-order chi connectivity index (χ1) is 9.19. The third-order valence-electron chi connectivity index (χ3n) is 3.39. The topological polar surface area (TPSA) is 52.6 Å². The quantitative estimate of drug-likeness (QED) is 0.474. The second-order valence-corrected chi connectivity index (χ2v) is 4.54. The molecule has 1 aliphatic rings. The Bertz CT molecular complexity index is 505. The lowest BCUT2D eigenvalue weighted by atomic mass is 9.88. The predicted molar refractivity (Wildman–Crippen MR) is 70.6 cm³/mol. The summed E-state index contributed by atoms with van der Waals surface area (Å²) in [4.78, 5) is 23.6. The Labute approximate surface area is 112 Å². The van der Waals surface area contributed by atoms with Gasteiger partial charge >= 0.3 is 5.97 Å². The van der Waals surface area contributed by atoms with Crippen molar-refractivity contribution in [2.24, 2.45) is 0 Å². The number of carbonyl (C=O) groups excluding carboxylic acids is 2. The standard InChI is InChI=1S/C15H18O4/c1-3-19-15(17)13(16)12-9-8-10-6-4-5-7-11(10)14(12)18-2/h8-9H,3-7H2,1-2H3. The number of hydrogen-bond acceptors (Lipinski definition) is 4. The molecule has 1 aromatic carbocycles. The van der Waals surface area contributed by atoms with Crippen LogP contribution < -0.4 is 4.74 Å². The monoisotopic (exact) mass is 262 g/mol. The van der Waals surface area contributed by atoms with Crippen LogP contribution in [0.1, 0.15) is 41.3 Å². The van der Waals surface area contributed by atoms with Crippen LogP contribution in [-0.2, 0) is 22.4 Å². The summed E-state index contributed by atoms with van der Waals surface area (Å²) in [7, 11) is 1.53. The Hall–Kier alpha value is -1.84. The van der Waals surface area contributed by atoms with Gasteiger partial charge in [0.25, 0.3) is 5.78 Å². The summed E-state index contributed by atoms with van der Waals surface area (Å²) < 4.78 is 10.1. The molecule has 0 bridgehead atoms. The third-order valence-corrected chi connectivity index (χ3v) is 3.39. The van der Waals surface area contributed by atoms with Crippen molar-refractivity contribution in [2.75, 3.05) is 13.7 Å². The first-order valence-electron chi connectivity index (χ1n) is 6.59. The molecule has 2 rings (SSSR count). The maximum atomic E-state index is 12.0. The van der Waals surface area contributed by atoms with Crippen molar-refractivity contribution < 1.29 is 19.1 Å². The molecule has 0 radical (unpaired) electrons. The van der Waals surface area contributed by atoms with Gasteiger partial charge in [-0.2, -0.15) is 0 Å². The summed E-state index contributed by atoms with van der Waals surface area (Å²) in [5, 5.41) is 0. The van der Waals surface area contributed by atoms with E-state index in [9.17, 15) is 9.59 Å². The van der Waals surface area contributed by atoms with E-state index in [-0.39, 0.29) is 6.61 Å². The Morgan fingerprint density at radius 1 is 1.21 bits per heavy atom. The predicted octanol–water partition coefficient (Wildman–Crippen LogP) is 2.32. The van der Waals surface area contributed by atoms with E-state index in [1.165, 1.54) is 12.7 Å². The van der Waals surface area contributed by atoms with Gasteiger partial charge in [-0.1, -0.05) is 6.07 Å². The van der Waals surface area contributed by atoms with Crippen LogP contribution in [0.15, 0.2) is 12.1 Å². The smallest absolute Gasteiger partial charge is 0.379 e. The minimum absolute atomic E-state index is 0.192. The Balaban J connectivity index is 2.41. The van der Waals surface area contributed by atoms with Crippen molar-refractivity contribution in [1.29, 1.82) is 0 Å². The number of Topliss-reactive ketones (excluding diaryl/α,β-unsaturated/α-hetero) is 1. The first-order valence-corrected chi connectivity index (χ1v) is 6.59. The van der Waals surface area contributed by atoms with Gasteiger partial charge in [-0.25, -0.2) is 4.79 Å². The molecule has 4 nitrogen and oxygen atoms in total. The number of esters is 1. The molecule has 4 heteroatoms. The highest BCUT2D eigenvalue weighted by Crippen LogP contribution is 2.33. The molecular formula is C15H18O4. The fourth-order valence-electron chi connectivity index (χ4n) is 2.51. The maximum Gasteiger partial charge on any atom is 0.379 e. The summed E-state index contributed by atoms with van der Waals surface area (Å²) in [5.41, 5.74) is 2.58. The van der Waals surface area contributed by atoms with Gasteiger partial charge in [0.1, 0.15) is 5.75 Å². The van der Waals surface area contributed by atoms with Crippen LogP contribution in [0.2, 0.25) is 0 Å². The molecule has 0 N–H and O–H groups in total. The number of ketones is 1. The zero-order valence-electron chi connectivity index (χ0n) is 11.3. The maximum absolute atomic E-state index is 12.0. The van der Waals surface area contributed by atoms with Crippen LogP contribution in [0.3, 0.4) is 0 Å². The van der Waals surface area contributed by atoms with Gasteiger partial charge in [0.05, 0.1) is 19.3 Å². The average molecular weight is 262 g/mol. The van der Waals surface area contributed by atoms with E-state index < -0.39 is 11.8 Å². The molecule has 0 fully saturated rings. The van der Waals surface area contributed by atoms with Gasteiger partial charge in [0.15, 0.2) is 0 Å². The molecule has 0 atom stereocenters. The minimum Gasteiger partial charge on any atom is -0.496 e. The summed E-state index contributed by atoms with van der Waals surface area (Å²) in [6, 6.07) is 3.59. The van der Waals surface area contributed by atoms with Gasteiger partial charge in [-0.15, -0.1) is 0 Å². The van der Waals surface area contributed by atoms with E-state index in [2.05, 4.69) is 0 Å². The molecule has 0 spiro atoms. The van der Waals surface area contributed by atoms with E-state index >= 15 is 0 Å². The highest BCUT2D eigenvalue weighted by molar-refractivity contribution is 6.41. The van der Waals surface area contributed by atoms with Crippen molar-refractivity contribution in [3.05, 3.63) is 28.8 Å². The van der Waals surface area contributed by atoms with Crippen LogP contribution in [0.4, 0.5) is 0 Å². The van der Waals surface area contributed by atoms with E-state index in [1.54, 1.807) is 13.0 Å². The van der Waals surface area contributed by atoms with Gasteiger partial charge in [0.2, 0.25) is 0 Å². The molecule has 0 aromatic heterocycles. The SMILES string of the molecule is CCOC(=O)C(=O)c1ccc2c(c1OC)CCCC2. The van der Waals surface area contributed by atoms with Crippen molar-refractivity contribution in [2.45, 2.75) is 32.6 Å². The Morgan fingerprint density at radius 2 is 1.95 bits per heavy atom. The fraction of sp³-hybridized carbons (Fsp3) is 0.467. The normalized spacial score (nSPS) is 13.6. The number of rotatable bonds is 4. The summed E-state index contributed by atoms with van der Waals surface area (Å²) >= 11 is 0. The van der Waals surface area contributed by atoms with Gasteiger partial charge in [-0.05, 0) is 49.8 Å². The molecule has 0 heterocycles. The molecule has 1 aliphatic carbocycles. The Morgan fingerprint density at radius 3 is 2.63 bits per heavy atom. The molecule has 19 heavy (non-hydrogen) atoms. The molecule has 1 aromatic rings. The number of hydrogen-bond donors (Lipinski definition) is 0. The number of ether oxygens (including phenoxy) is 2. The molecule has 0 saturated heterocycles. The van der Waals surface area contributed by atoms with Gasteiger partial charge in [-0.3, -0.25) is 4.79 Å². The summed E-state index contributed by atoms with van der Waals surface area (Å²) in [5.74, 6) is -0.918. The van der Waals surface area contributed by atoms with Crippen molar-refractivity contribution in [3.8, 4) is 5.75 Å². The van der Waals surface area contributed by atoms with E-state index in [0.29, 0.717) is 11.3 Å². The first kappa shape index (κ1) is 13.6. The molecule has 0 unspecified atom stereocenters.